The van der Waals surface area contributed by atoms with Crippen molar-refractivity contribution in [3.05, 3.63) is 29.8 Å². The Kier molecular flexibility index (Phi) is 4.11. The van der Waals surface area contributed by atoms with Gasteiger partial charge in [0, 0.05) is 5.56 Å². The lowest BCUT2D eigenvalue weighted by Crippen LogP contribution is -2.05. The lowest BCUT2D eigenvalue weighted by Gasteiger charge is -2.07. The number of thioether (sulfide) groups is 1. The molecule has 0 radical (unpaired) electrons. The van der Waals surface area contributed by atoms with Crippen LogP contribution in [0, 0.1) is 0 Å². The number of ketones is 1. The maximum Gasteiger partial charge on any atom is 0.172 e. The Hall–Kier alpha value is -0.960. The van der Waals surface area contributed by atoms with Gasteiger partial charge in [-0.1, -0.05) is 26.0 Å². The van der Waals surface area contributed by atoms with Crippen LogP contribution in [0.15, 0.2) is 24.3 Å². The summed E-state index contributed by atoms with van der Waals surface area (Å²) in [5.41, 5.74) is 0.760. The van der Waals surface area contributed by atoms with Gasteiger partial charge in [-0.05, 0) is 30.2 Å². The van der Waals surface area contributed by atoms with Crippen molar-refractivity contribution >= 4 is 17.5 Å². The smallest absolute Gasteiger partial charge is 0.172 e. The minimum atomic E-state index is 0.185. The zero-order valence-electron chi connectivity index (χ0n) is 10.3. The van der Waals surface area contributed by atoms with E-state index in [-0.39, 0.29) is 5.78 Å². The zero-order valence-corrected chi connectivity index (χ0v) is 11.1. The lowest BCUT2D eigenvalue weighted by molar-refractivity contribution is 0.102. The van der Waals surface area contributed by atoms with Gasteiger partial charge >= 0.3 is 0 Å². The van der Waals surface area contributed by atoms with Crippen LogP contribution in [0.4, 0.5) is 0 Å². The number of carbonyl (C=O) groups is 1. The van der Waals surface area contributed by atoms with Crippen molar-refractivity contribution in [1.82, 2.24) is 0 Å². The number of rotatable bonds is 6. The van der Waals surface area contributed by atoms with E-state index in [4.69, 9.17) is 4.74 Å². The van der Waals surface area contributed by atoms with Crippen molar-refractivity contribution in [3.8, 4) is 5.75 Å². The van der Waals surface area contributed by atoms with Gasteiger partial charge in [-0.15, -0.1) is 0 Å². The van der Waals surface area contributed by atoms with Gasteiger partial charge in [0.1, 0.15) is 5.75 Å². The highest BCUT2D eigenvalue weighted by molar-refractivity contribution is 8.00. The molecule has 1 aromatic carbocycles. The van der Waals surface area contributed by atoms with Crippen molar-refractivity contribution in [2.24, 2.45) is 0 Å². The third-order valence-electron chi connectivity index (χ3n) is 2.53. The fraction of sp³-hybridized carbons (Fsp3) is 0.500. The summed E-state index contributed by atoms with van der Waals surface area (Å²) < 4.78 is 5.68. The van der Waals surface area contributed by atoms with Crippen LogP contribution in [-0.2, 0) is 0 Å². The average molecular weight is 250 g/mol. The number of hydrogen-bond acceptors (Lipinski definition) is 3. The maximum absolute atomic E-state index is 11.9. The third kappa shape index (κ3) is 4.08. The van der Waals surface area contributed by atoms with E-state index in [2.05, 4.69) is 13.8 Å². The molecule has 1 aliphatic rings. The monoisotopic (exact) mass is 250 g/mol. The number of benzene rings is 1. The summed E-state index contributed by atoms with van der Waals surface area (Å²) in [5, 5.41) is 0.491. The highest BCUT2D eigenvalue weighted by atomic mass is 32.2. The molecule has 2 nitrogen and oxygen atoms in total. The molecule has 1 aromatic rings. The molecule has 92 valence electrons. The topological polar surface area (TPSA) is 26.3 Å². The first kappa shape index (κ1) is 12.5. The van der Waals surface area contributed by atoms with Crippen LogP contribution in [0.3, 0.4) is 0 Å². The van der Waals surface area contributed by atoms with Crippen LogP contribution < -0.4 is 4.74 Å². The second-order valence-electron chi connectivity index (χ2n) is 4.63. The van der Waals surface area contributed by atoms with E-state index in [0.717, 1.165) is 24.2 Å². The molecule has 0 amide bonds. The minimum Gasteiger partial charge on any atom is -0.490 e. The van der Waals surface area contributed by atoms with Crippen molar-refractivity contribution in [2.45, 2.75) is 38.0 Å². The molecule has 3 heteroatoms. The van der Waals surface area contributed by atoms with Crippen LogP contribution in [0.2, 0.25) is 0 Å². The van der Waals surface area contributed by atoms with Gasteiger partial charge in [0.2, 0.25) is 0 Å². The molecule has 0 aliphatic heterocycles. The van der Waals surface area contributed by atoms with Crippen LogP contribution >= 0.6 is 11.8 Å². The lowest BCUT2D eigenvalue weighted by atomic mass is 10.1. The molecule has 0 N–H and O–H groups in total. The Labute approximate surface area is 107 Å². The number of hydrogen-bond donors (Lipinski definition) is 0. The highest BCUT2D eigenvalue weighted by Gasteiger charge is 2.23. The van der Waals surface area contributed by atoms with Gasteiger partial charge in [-0.25, -0.2) is 0 Å². The van der Waals surface area contributed by atoms with E-state index < -0.39 is 0 Å². The predicted octanol–water partition coefficient (Wildman–Crippen LogP) is 3.55. The van der Waals surface area contributed by atoms with Gasteiger partial charge in [0.15, 0.2) is 5.78 Å². The molecule has 0 spiro atoms. The van der Waals surface area contributed by atoms with E-state index in [9.17, 15) is 4.79 Å². The van der Waals surface area contributed by atoms with Crippen molar-refractivity contribution in [1.29, 1.82) is 0 Å². The quantitative estimate of drug-likeness (QED) is 0.722. The van der Waals surface area contributed by atoms with Gasteiger partial charge < -0.3 is 4.74 Å². The molecule has 0 unspecified atom stereocenters. The first-order chi connectivity index (χ1) is 8.15. The maximum atomic E-state index is 11.9. The Bertz CT molecular complexity index is 397. The summed E-state index contributed by atoms with van der Waals surface area (Å²) in [7, 11) is 0. The Morgan fingerprint density at radius 1 is 1.47 bits per heavy atom. The van der Waals surface area contributed by atoms with Gasteiger partial charge in [-0.3, -0.25) is 4.79 Å². The molecule has 0 aromatic heterocycles. The van der Waals surface area contributed by atoms with E-state index in [1.165, 1.54) is 0 Å². The van der Waals surface area contributed by atoms with Crippen molar-refractivity contribution in [2.75, 3.05) is 5.75 Å². The molecule has 0 bridgehead atoms. The summed E-state index contributed by atoms with van der Waals surface area (Å²) >= 11 is 1.68. The summed E-state index contributed by atoms with van der Waals surface area (Å²) in [4.78, 5) is 11.9. The largest absolute Gasteiger partial charge is 0.490 e. The Balaban J connectivity index is 1.96. The summed E-state index contributed by atoms with van der Waals surface area (Å²) in [6.45, 7) is 4.20. The average Bonchev–Trinajstić information content (AvgIpc) is 3.10. The van der Waals surface area contributed by atoms with Crippen molar-refractivity contribution < 1.29 is 9.53 Å². The van der Waals surface area contributed by atoms with Crippen molar-refractivity contribution in [3.63, 3.8) is 0 Å². The molecule has 0 saturated heterocycles. The first-order valence-corrected chi connectivity index (χ1v) is 7.11. The molecule has 0 heterocycles. The molecule has 0 atom stereocenters. The van der Waals surface area contributed by atoms with E-state index in [1.807, 2.05) is 24.3 Å². The standard InChI is InChI=1S/C14H18O2S/c1-10(2)17-9-14(15)11-4-3-5-13(8-11)16-12-6-7-12/h3-5,8,10,12H,6-7,9H2,1-2H3. The second-order valence-corrected chi connectivity index (χ2v) is 6.19. The fourth-order valence-corrected chi connectivity index (χ4v) is 2.10. The molecule has 1 saturated carbocycles. The molecule has 17 heavy (non-hydrogen) atoms. The number of ether oxygens (including phenoxy) is 1. The van der Waals surface area contributed by atoms with E-state index in [0.29, 0.717) is 17.1 Å². The van der Waals surface area contributed by atoms with Crippen LogP contribution in [0.5, 0.6) is 5.75 Å². The summed E-state index contributed by atoms with van der Waals surface area (Å²) in [6.07, 6.45) is 2.66. The van der Waals surface area contributed by atoms with Gasteiger partial charge in [-0.2, -0.15) is 11.8 Å². The SMILES string of the molecule is CC(C)SCC(=O)c1cccc(OC2CC2)c1. The summed E-state index contributed by atoms with van der Waals surface area (Å²) in [5.74, 6) is 1.56. The number of Topliss-reactive ketones (excluding diaryl/α,β-unsaturated/α-hetero) is 1. The molecule has 1 aliphatic carbocycles. The van der Waals surface area contributed by atoms with E-state index in [1.54, 1.807) is 11.8 Å². The normalized spacial score (nSPS) is 15.0. The molecular weight excluding hydrogens is 232 g/mol. The van der Waals surface area contributed by atoms with Crippen LogP contribution in [0.25, 0.3) is 0 Å². The fourth-order valence-electron chi connectivity index (χ4n) is 1.45. The van der Waals surface area contributed by atoms with Gasteiger partial charge in [0.25, 0.3) is 0 Å². The van der Waals surface area contributed by atoms with E-state index >= 15 is 0 Å². The Morgan fingerprint density at radius 2 is 2.24 bits per heavy atom. The first-order valence-electron chi connectivity index (χ1n) is 6.06. The third-order valence-corrected chi connectivity index (χ3v) is 3.63. The number of carbonyl (C=O) groups excluding carboxylic acids is 1. The molecule has 1 fully saturated rings. The summed E-state index contributed by atoms with van der Waals surface area (Å²) in [6, 6.07) is 7.54. The molecular formula is C14H18O2S. The van der Waals surface area contributed by atoms with Crippen LogP contribution in [0.1, 0.15) is 37.0 Å². The zero-order chi connectivity index (χ0) is 12.3. The van der Waals surface area contributed by atoms with Gasteiger partial charge in [0.05, 0.1) is 11.9 Å². The highest BCUT2D eigenvalue weighted by Crippen LogP contribution is 2.27. The minimum absolute atomic E-state index is 0.185. The molecule has 2 rings (SSSR count). The second kappa shape index (κ2) is 5.58. The Morgan fingerprint density at radius 3 is 2.88 bits per heavy atom. The predicted molar refractivity (Wildman–Crippen MR) is 72.0 cm³/mol. The van der Waals surface area contributed by atoms with Crippen LogP contribution in [-0.4, -0.2) is 22.9 Å².